The zero-order valence-corrected chi connectivity index (χ0v) is 14.4. The maximum Gasteiger partial charge on any atom is 0.346 e. The monoisotopic (exact) mass is 348 g/mol. The number of aryl methyl sites for hydroxylation is 2. The number of aromatic carboxylic acids is 1. The molecule has 0 amide bonds. The van der Waals surface area contributed by atoms with Gasteiger partial charge in [-0.15, -0.1) is 11.3 Å². The highest BCUT2D eigenvalue weighted by Gasteiger charge is 2.22. The number of carboxylic acids is 1. The van der Waals surface area contributed by atoms with Crippen LogP contribution in [-0.4, -0.2) is 28.2 Å². The number of halogens is 1. The molecule has 0 saturated carbocycles. The fourth-order valence-electron chi connectivity index (χ4n) is 2.81. The zero-order chi connectivity index (χ0) is 17.4. The topological polar surface area (TPSA) is 66.6 Å². The number of carboxylic acid groups (broad SMARTS) is 1. The highest BCUT2D eigenvalue weighted by molar-refractivity contribution is 7.21. The van der Waals surface area contributed by atoms with Gasteiger partial charge >= 0.3 is 5.97 Å². The van der Waals surface area contributed by atoms with E-state index in [1.807, 2.05) is 25.8 Å². The molecule has 3 aromatic rings. The summed E-state index contributed by atoms with van der Waals surface area (Å²) < 4.78 is 20.1. The van der Waals surface area contributed by atoms with E-state index < -0.39 is 11.8 Å². The third-order valence-corrected chi connectivity index (χ3v) is 5.18. The summed E-state index contributed by atoms with van der Waals surface area (Å²) in [6, 6.07) is 4.70. The fraction of sp³-hybridized carbons (Fsp3) is 0.294. The Balaban J connectivity index is 1.97. The Morgan fingerprint density at radius 3 is 2.67 bits per heavy atom. The van der Waals surface area contributed by atoms with Crippen molar-refractivity contribution < 1.29 is 18.8 Å². The molecule has 0 unspecified atom stereocenters. The van der Waals surface area contributed by atoms with E-state index in [0.29, 0.717) is 28.7 Å². The van der Waals surface area contributed by atoms with E-state index in [2.05, 4.69) is 5.16 Å². The molecule has 0 aliphatic rings. The molecule has 24 heavy (non-hydrogen) atoms. The Morgan fingerprint density at radius 1 is 1.33 bits per heavy atom. The Kier molecular flexibility index (Phi) is 4.38. The van der Waals surface area contributed by atoms with E-state index in [4.69, 9.17) is 4.52 Å². The number of carbonyl (C=O) groups is 1. The van der Waals surface area contributed by atoms with Crippen LogP contribution in [-0.2, 0) is 13.1 Å². The minimum Gasteiger partial charge on any atom is -0.477 e. The van der Waals surface area contributed by atoms with Crippen LogP contribution in [0.15, 0.2) is 22.7 Å². The molecule has 0 atom stereocenters. The Hall–Kier alpha value is -2.25. The van der Waals surface area contributed by atoms with Gasteiger partial charge in [-0.25, -0.2) is 9.18 Å². The van der Waals surface area contributed by atoms with Crippen molar-refractivity contribution in [1.82, 2.24) is 10.1 Å². The van der Waals surface area contributed by atoms with Crippen molar-refractivity contribution in [3.8, 4) is 0 Å². The SMILES string of the molecule is Cc1noc(C)c1CN(C)Cc1c(C(=O)O)sc2cccc(F)c12. The number of nitrogens with zero attached hydrogens (tertiary/aromatic N) is 2. The standard InChI is InChI=1S/C17H17FN2O3S/c1-9-11(10(2)23-19-9)7-20(3)8-12-15-13(18)5-4-6-14(15)24-16(12)17(21)22/h4-6H,7-8H2,1-3H3,(H,21,22). The quantitative estimate of drug-likeness (QED) is 0.755. The first-order chi connectivity index (χ1) is 11.4. The van der Waals surface area contributed by atoms with Gasteiger partial charge in [-0.2, -0.15) is 0 Å². The molecule has 0 spiro atoms. The van der Waals surface area contributed by atoms with Gasteiger partial charge in [0.15, 0.2) is 0 Å². The van der Waals surface area contributed by atoms with Crippen LogP contribution >= 0.6 is 11.3 Å². The summed E-state index contributed by atoms with van der Waals surface area (Å²) in [5.74, 6) is -0.688. The average Bonchev–Trinajstić information content (AvgIpc) is 3.03. The van der Waals surface area contributed by atoms with Crippen LogP contribution in [0.4, 0.5) is 4.39 Å². The van der Waals surface area contributed by atoms with E-state index in [-0.39, 0.29) is 4.88 Å². The van der Waals surface area contributed by atoms with E-state index >= 15 is 0 Å². The molecule has 0 bridgehead atoms. The largest absolute Gasteiger partial charge is 0.477 e. The molecule has 2 heterocycles. The third kappa shape index (κ3) is 2.92. The molecule has 2 aromatic heterocycles. The predicted octanol–water partition coefficient (Wildman–Crippen LogP) is 3.98. The second-order valence-electron chi connectivity index (χ2n) is 5.80. The molecule has 3 rings (SSSR count). The molecule has 0 aliphatic heterocycles. The number of benzene rings is 1. The smallest absolute Gasteiger partial charge is 0.346 e. The molecule has 1 aromatic carbocycles. The maximum atomic E-state index is 14.2. The van der Waals surface area contributed by atoms with E-state index in [1.165, 1.54) is 6.07 Å². The van der Waals surface area contributed by atoms with Gasteiger partial charge in [0, 0.05) is 34.3 Å². The molecule has 7 heteroatoms. The van der Waals surface area contributed by atoms with Gasteiger partial charge in [-0.1, -0.05) is 11.2 Å². The van der Waals surface area contributed by atoms with Crippen LogP contribution < -0.4 is 0 Å². The van der Waals surface area contributed by atoms with Crippen molar-refractivity contribution >= 4 is 27.4 Å². The lowest BCUT2D eigenvalue weighted by atomic mass is 10.1. The average molecular weight is 348 g/mol. The lowest BCUT2D eigenvalue weighted by Crippen LogP contribution is -2.19. The summed E-state index contributed by atoms with van der Waals surface area (Å²) in [4.78, 5) is 13.7. The van der Waals surface area contributed by atoms with E-state index in [9.17, 15) is 14.3 Å². The second kappa shape index (κ2) is 6.33. The first kappa shape index (κ1) is 16.6. The van der Waals surface area contributed by atoms with Crippen molar-refractivity contribution in [2.45, 2.75) is 26.9 Å². The van der Waals surface area contributed by atoms with Crippen LogP contribution in [0.25, 0.3) is 10.1 Å². The Morgan fingerprint density at radius 2 is 2.04 bits per heavy atom. The minimum absolute atomic E-state index is 0.181. The molecule has 126 valence electrons. The van der Waals surface area contributed by atoms with Crippen molar-refractivity contribution in [2.24, 2.45) is 0 Å². The van der Waals surface area contributed by atoms with Crippen molar-refractivity contribution in [3.05, 3.63) is 51.5 Å². The molecular formula is C17H17FN2O3S. The van der Waals surface area contributed by atoms with Gasteiger partial charge in [0.2, 0.25) is 0 Å². The minimum atomic E-state index is -1.03. The Bertz CT molecular complexity index is 897. The number of hydrogen-bond acceptors (Lipinski definition) is 5. The lowest BCUT2D eigenvalue weighted by molar-refractivity contribution is 0.0700. The van der Waals surface area contributed by atoms with Crippen LogP contribution in [0.2, 0.25) is 0 Å². The number of rotatable bonds is 5. The van der Waals surface area contributed by atoms with Crippen molar-refractivity contribution in [3.63, 3.8) is 0 Å². The summed E-state index contributed by atoms with van der Waals surface area (Å²) in [6.07, 6.45) is 0. The van der Waals surface area contributed by atoms with Gasteiger partial charge in [0.05, 0.1) is 5.69 Å². The molecule has 0 aliphatic carbocycles. The second-order valence-corrected chi connectivity index (χ2v) is 6.86. The summed E-state index contributed by atoms with van der Waals surface area (Å²) in [7, 11) is 1.86. The lowest BCUT2D eigenvalue weighted by Gasteiger charge is -2.17. The molecular weight excluding hydrogens is 331 g/mol. The number of hydrogen-bond donors (Lipinski definition) is 1. The van der Waals surface area contributed by atoms with Gasteiger partial charge < -0.3 is 9.63 Å². The normalized spacial score (nSPS) is 11.5. The Labute approximate surface area is 142 Å². The summed E-state index contributed by atoms with van der Waals surface area (Å²) in [5.41, 5.74) is 2.28. The number of thiophene rings is 1. The van der Waals surface area contributed by atoms with E-state index in [1.54, 1.807) is 12.1 Å². The van der Waals surface area contributed by atoms with Gasteiger partial charge in [0.25, 0.3) is 0 Å². The van der Waals surface area contributed by atoms with Crippen LogP contribution in [0.3, 0.4) is 0 Å². The van der Waals surface area contributed by atoms with Gasteiger partial charge in [-0.05, 0) is 33.0 Å². The fourth-order valence-corrected chi connectivity index (χ4v) is 3.88. The number of fused-ring (bicyclic) bond motifs is 1. The molecule has 0 fully saturated rings. The highest BCUT2D eigenvalue weighted by Crippen LogP contribution is 2.34. The first-order valence-corrected chi connectivity index (χ1v) is 8.23. The molecule has 0 radical (unpaired) electrons. The van der Waals surface area contributed by atoms with Crippen molar-refractivity contribution in [1.29, 1.82) is 0 Å². The summed E-state index contributed by atoms with van der Waals surface area (Å²) in [6.45, 7) is 4.58. The third-order valence-electron chi connectivity index (χ3n) is 3.99. The van der Waals surface area contributed by atoms with Crippen LogP contribution in [0.5, 0.6) is 0 Å². The van der Waals surface area contributed by atoms with Crippen molar-refractivity contribution in [2.75, 3.05) is 7.05 Å². The maximum absolute atomic E-state index is 14.2. The predicted molar refractivity (Wildman–Crippen MR) is 89.9 cm³/mol. The van der Waals surface area contributed by atoms with E-state index in [0.717, 1.165) is 28.4 Å². The first-order valence-electron chi connectivity index (χ1n) is 7.42. The van der Waals surface area contributed by atoms with Gasteiger partial charge in [0.1, 0.15) is 16.5 Å². The zero-order valence-electron chi connectivity index (χ0n) is 13.6. The van der Waals surface area contributed by atoms with Crippen LogP contribution in [0.1, 0.15) is 32.3 Å². The van der Waals surface area contributed by atoms with Gasteiger partial charge in [-0.3, -0.25) is 4.90 Å². The molecule has 1 N–H and O–H groups in total. The number of aromatic nitrogens is 1. The molecule has 5 nitrogen and oxygen atoms in total. The van der Waals surface area contributed by atoms with Crippen LogP contribution in [0, 0.1) is 19.7 Å². The summed E-state index contributed by atoms with van der Waals surface area (Å²) in [5, 5.41) is 13.8. The molecule has 0 saturated heterocycles. The summed E-state index contributed by atoms with van der Waals surface area (Å²) >= 11 is 1.11. The highest BCUT2D eigenvalue weighted by atomic mass is 32.1.